The molecule has 0 amide bonds. The van der Waals surface area contributed by atoms with E-state index in [2.05, 4.69) is 0 Å². The second-order valence-corrected chi connectivity index (χ2v) is 4.49. The lowest BCUT2D eigenvalue weighted by atomic mass is 10.0. The van der Waals surface area contributed by atoms with Crippen molar-refractivity contribution >= 4 is 35.6 Å². The number of hydrogen-bond donors (Lipinski definition) is 1. The van der Waals surface area contributed by atoms with Crippen molar-refractivity contribution < 1.29 is 4.84 Å². The highest BCUT2D eigenvalue weighted by Crippen LogP contribution is 2.26. The smallest absolute Gasteiger partial charge is 0.129 e. The molecule has 2 rings (SSSR count). The Labute approximate surface area is 122 Å². The van der Waals surface area contributed by atoms with Crippen molar-refractivity contribution in [2.24, 2.45) is 5.90 Å². The van der Waals surface area contributed by atoms with Crippen LogP contribution in [0.2, 0.25) is 10.0 Å². The van der Waals surface area contributed by atoms with Gasteiger partial charge in [-0.05, 0) is 35.4 Å². The van der Waals surface area contributed by atoms with E-state index in [0.29, 0.717) is 10.0 Å². The summed E-state index contributed by atoms with van der Waals surface area (Å²) < 4.78 is 0. The van der Waals surface area contributed by atoms with Gasteiger partial charge in [-0.15, -0.1) is 12.4 Å². The predicted molar refractivity (Wildman–Crippen MR) is 77.3 cm³/mol. The monoisotopic (exact) mass is 303 g/mol. The maximum Gasteiger partial charge on any atom is 0.129 e. The first kappa shape index (κ1) is 15.3. The lowest BCUT2D eigenvalue weighted by Crippen LogP contribution is -2.10. The van der Waals surface area contributed by atoms with E-state index in [9.17, 15) is 0 Å². The van der Waals surface area contributed by atoms with Crippen LogP contribution in [-0.2, 0) is 4.84 Å². The highest BCUT2D eigenvalue weighted by molar-refractivity contribution is 6.30. The second-order valence-electron chi connectivity index (χ2n) is 3.62. The SMILES string of the molecule is Cl.NOC(c1ccc(Cl)cc1)c1ccc(Cl)cc1. The van der Waals surface area contributed by atoms with Crippen LogP contribution in [0.1, 0.15) is 17.2 Å². The summed E-state index contributed by atoms with van der Waals surface area (Å²) in [6.45, 7) is 0. The fourth-order valence-electron chi connectivity index (χ4n) is 1.62. The van der Waals surface area contributed by atoms with Gasteiger partial charge in [0.25, 0.3) is 0 Å². The minimum absolute atomic E-state index is 0. The molecule has 0 spiro atoms. The maximum atomic E-state index is 5.84. The van der Waals surface area contributed by atoms with Crippen molar-refractivity contribution in [1.82, 2.24) is 0 Å². The van der Waals surface area contributed by atoms with E-state index in [1.165, 1.54) is 0 Å². The predicted octanol–water partition coefficient (Wildman–Crippen LogP) is 4.39. The Balaban J connectivity index is 0.00000162. The highest BCUT2D eigenvalue weighted by atomic mass is 35.5. The van der Waals surface area contributed by atoms with E-state index in [1.54, 1.807) is 24.3 Å². The molecule has 0 aliphatic heterocycles. The summed E-state index contributed by atoms with van der Waals surface area (Å²) in [5, 5.41) is 1.36. The summed E-state index contributed by atoms with van der Waals surface area (Å²) in [7, 11) is 0. The van der Waals surface area contributed by atoms with Gasteiger partial charge in [0.1, 0.15) is 6.10 Å². The van der Waals surface area contributed by atoms with Gasteiger partial charge in [-0.2, -0.15) is 0 Å². The topological polar surface area (TPSA) is 35.2 Å². The third kappa shape index (κ3) is 3.61. The van der Waals surface area contributed by atoms with E-state index in [1.807, 2.05) is 24.3 Å². The molecule has 2 aromatic rings. The Hall–Kier alpha value is -0.770. The standard InChI is InChI=1S/C13H11Cl2NO.ClH/c14-11-5-1-9(2-6-11)13(17-16)10-3-7-12(15)8-4-10;/h1-8,13H,16H2;1H. The van der Waals surface area contributed by atoms with Gasteiger partial charge >= 0.3 is 0 Å². The normalized spacial score (nSPS) is 10.2. The average Bonchev–Trinajstić information content (AvgIpc) is 2.35. The van der Waals surface area contributed by atoms with E-state index < -0.39 is 0 Å². The van der Waals surface area contributed by atoms with Crippen molar-refractivity contribution in [3.63, 3.8) is 0 Å². The molecule has 2 aromatic carbocycles. The molecule has 0 bridgehead atoms. The van der Waals surface area contributed by atoms with Gasteiger partial charge in [0.05, 0.1) is 0 Å². The van der Waals surface area contributed by atoms with Crippen LogP contribution < -0.4 is 5.90 Å². The zero-order chi connectivity index (χ0) is 12.3. The van der Waals surface area contributed by atoms with Crippen LogP contribution in [-0.4, -0.2) is 0 Å². The fraction of sp³-hybridized carbons (Fsp3) is 0.0769. The molecule has 0 atom stereocenters. The number of halogens is 3. The first-order valence-electron chi connectivity index (χ1n) is 5.07. The fourth-order valence-corrected chi connectivity index (χ4v) is 1.88. The van der Waals surface area contributed by atoms with Crippen LogP contribution in [0.3, 0.4) is 0 Å². The lowest BCUT2D eigenvalue weighted by Gasteiger charge is -2.15. The third-order valence-electron chi connectivity index (χ3n) is 2.48. The van der Waals surface area contributed by atoms with E-state index in [-0.39, 0.29) is 18.5 Å². The molecular weight excluding hydrogens is 293 g/mol. The Morgan fingerprint density at radius 1 is 0.778 bits per heavy atom. The molecule has 0 fully saturated rings. The zero-order valence-electron chi connectivity index (χ0n) is 9.35. The van der Waals surface area contributed by atoms with Crippen LogP contribution in [0.25, 0.3) is 0 Å². The summed E-state index contributed by atoms with van der Waals surface area (Å²) in [4.78, 5) is 5.02. The molecule has 18 heavy (non-hydrogen) atoms. The first-order valence-corrected chi connectivity index (χ1v) is 5.83. The number of benzene rings is 2. The molecule has 2 N–H and O–H groups in total. The largest absolute Gasteiger partial charge is 0.292 e. The average molecular weight is 305 g/mol. The van der Waals surface area contributed by atoms with Crippen molar-refractivity contribution in [2.75, 3.05) is 0 Å². The van der Waals surface area contributed by atoms with Crippen LogP contribution >= 0.6 is 35.6 Å². The summed E-state index contributed by atoms with van der Waals surface area (Å²) >= 11 is 11.7. The van der Waals surface area contributed by atoms with Crippen molar-refractivity contribution in [1.29, 1.82) is 0 Å². The van der Waals surface area contributed by atoms with Crippen molar-refractivity contribution in [3.8, 4) is 0 Å². The molecular formula is C13H12Cl3NO. The summed E-state index contributed by atoms with van der Waals surface area (Å²) in [5.74, 6) is 5.35. The van der Waals surface area contributed by atoms with Crippen LogP contribution in [0.5, 0.6) is 0 Å². The van der Waals surface area contributed by atoms with Crippen molar-refractivity contribution in [2.45, 2.75) is 6.10 Å². The van der Waals surface area contributed by atoms with E-state index in [0.717, 1.165) is 11.1 Å². The van der Waals surface area contributed by atoms with Gasteiger partial charge in [-0.25, -0.2) is 5.90 Å². The van der Waals surface area contributed by atoms with Gasteiger partial charge in [0.2, 0.25) is 0 Å². The van der Waals surface area contributed by atoms with E-state index in [4.69, 9.17) is 33.9 Å². The van der Waals surface area contributed by atoms with Crippen molar-refractivity contribution in [3.05, 3.63) is 69.7 Å². The Kier molecular flexibility index (Phi) is 5.93. The van der Waals surface area contributed by atoms with Gasteiger partial charge in [0.15, 0.2) is 0 Å². The molecule has 0 saturated heterocycles. The number of hydrogen-bond acceptors (Lipinski definition) is 2. The Morgan fingerprint density at radius 2 is 1.11 bits per heavy atom. The molecule has 2 nitrogen and oxygen atoms in total. The Morgan fingerprint density at radius 3 is 1.39 bits per heavy atom. The van der Waals surface area contributed by atoms with Crippen LogP contribution in [0.4, 0.5) is 0 Å². The second kappa shape index (κ2) is 6.98. The van der Waals surface area contributed by atoms with Gasteiger partial charge < -0.3 is 0 Å². The molecule has 0 aromatic heterocycles. The molecule has 0 unspecified atom stereocenters. The van der Waals surface area contributed by atoms with Gasteiger partial charge in [0, 0.05) is 10.0 Å². The molecule has 0 aliphatic carbocycles. The summed E-state index contributed by atoms with van der Waals surface area (Å²) in [6, 6.07) is 14.8. The quantitative estimate of drug-likeness (QED) is 0.853. The number of nitrogens with two attached hydrogens (primary N) is 1. The van der Waals surface area contributed by atoms with Gasteiger partial charge in [-0.1, -0.05) is 47.5 Å². The number of rotatable bonds is 3. The summed E-state index contributed by atoms with van der Waals surface area (Å²) in [5.41, 5.74) is 1.89. The zero-order valence-corrected chi connectivity index (χ0v) is 11.7. The Bertz CT molecular complexity index is 439. The molecule has 5 heteroatoms. The van der Waals surface area contributed by atoms with Crippen LogP contribution in [0, 0.1) is 0 Å². The molecule has 0 aliphatic rings. The minimum Gasteiger partial charge on any atom is -0.292 e. The first-order chi connectivity index (χ1) is 8.20. The molecule has 0 radical (unpaired) electrons. The highest BCUT2D eigenvalue weighted by Gasteiger charge is 2.13. The minimum atomic E-state index is -0.315. The van der Waals surface area contributed by atoms with Gasteiger partial charge in [-0.3, -0.25) is 4.84 Å². The molecule has 0 heterocycles. The maximum absolute atomic E-state index is 5.84. The van der Waals surface area contributed by atoms with E-state index >= 15 is 0 Å². The lowest BCUT2D eigenvalue weighted by molar-refractivity contribution is 0.0813. The molecule has 96 valence electrons. The molecule has 0 saturated carbocycles. The summed E-state index contributed by atoms with van der Waals surface area (Å²) in [6.07, 6.45) is -0.315. The van der Waals surface area contributed by atoms with Crippen LogP contribution in [0.15, 0.2) is 48.5 Å². The third-order valence-corrected chi connectivity index (χ3v) is 2.99.